The van der Waals surface area contributed by atoms with Gasteiger partial charge in [-0.3, -0.25) is 4.99 Å². The number of nitrogens with zero attached hydrogens (tertiary/aromatic N) is 3. The lowest BCUT2D eigenvalue weighted by Crippen LogP contribution is -2.43. The van der Waals surface area contributed by atoms with Crippen LogP contribution in [0, 0.1) is 0 Å². The molecule has 1 saturated heterocycles. The van der Waals surface area contributed by atoms with E-state index in [1.54, 1.807) is 7.05 Å². The quantitative estimate of drug-likeness (QED) is 0.435. The van der Waals surface area contributed by atoms with Gasteiger partial charge in [0.1, 0.15) is 5.82 Å². The maximum Gasteiger partial charge on any atom is 0.129 e. The molecule has 4 N–H and O–H groups in total. The lowest BCUT2D eigenvalue weighted by molar-refractivity contribution is 0.585. The third-order valence-corrected chi connectivity index (χ3v) is 6.64. The molecule has 6 nitrogen and oxygen atoms in total. The molecule has 0 spiro atoms. The van der Waals surface area contributed by atoms with Crippen molar-refractivity contribution in [3.05, 3.63) is 51.9 Å². The molecule has 0 atom stereocenters. The van der Waals surface area contributed by atoms with E-state index in [2.05, 4.69) is 31.0 Å². The average molecular weight is 465 g/mol. The fourth-order valence-corrected chi connectivity index (χ4v) is 4.69. The molecule has 1 aliphatic rings. The van der Waals surface area contributed by atoms with Crippen molar-refractivity contribution in [3.8, 4) is 11.1 Å². The first-order valence-corrected chi connectivity index (χ1v) is 11.2. The Bertz CT molecular complexity index is 943. The van der Waals surface area contributed by atoms with Crippen molar-refractivity contribution in [1.29, 1.82) is 0 Å². The second kappa shape index (κ2) is 10.4. The Labute approximate surface area is 192 Å². The van der Waals surface area contributed by atoms with Crippen LogP contribution in [0.3, 0.4) is 0 Å². The van der Waals surface area contributed by atoms with Gasteiger partial charge in [-0.15, -0.1) is 0 Å². The summed E-state index contributed by atoms with van der Waals surface area (Å²) >= 11 is 14.5. The van der Waals surface area contributed by atoms with Gasteiger partial charge in [0.05, 0.1) is 26.3 Å². The van der Waals surface area contributed by atoms with Gasteiger partial charge in [0.2, 0.25) is 0 Å². The van der Waals surface area contributed by atoms with Crippen LogP contribution in [0.4, 0.5) is 5.82 Å². The molecule has 1 aromatic heterocycles. The van der Waals surface area contributed by atoms with E-state index in [0.29, 0.717) is 15.7 Å². The Balaban J connectivity index is 1.84. The highest BCUT2D eigenvalue weighted by Gasteiger charge is 2.15. The van der Waals surface area contributed by atoms with Crippen molar-refractivity contribution in [3.63, 3.8) is 0 Å². The van der Waals surface area contributed by atoms with Crippen molar-refractivity contribution in [2.75, 3.05) is 38.1 Å². The van der Waals surface area contributed by atoms with E-state index in [1.807, 2.05) is 38.2 Å². The molecule has 0 aliphatic carbocycles. The van der Waals surface area contributed by atoms with E-state index in [4.69, 9.17) is 28.9 Å². The van der Waals surface area contributed by atoms with Gasteiger partial charge in [0, 0.05) is 45.1 Å². The summed E-state index contributed by atoms with van der Waals surface area (Å²) in [5.41, 5.74) is 10.2. The molecule has 2 heterocycles. The highest BCUT2D eigenvalue weighted by molar-refractivity contribution is 7.97. The number of aromatic nitrogens is 1. The molecule has 0 amide bonds. The second-order valence-electron chi connectivity index (χ2n) is 6.98. The normalized spacial score (nSPS) is 15.8. The van der Waals surface area contributed by atoms with Gasteiger partial charge in [0.25, 0.3) is 0 Å². The predicted octanol–water partition coefficient (Wildman–Crippen LogP) is 4.34. The minimum atomic E-state index is 0.565. The number of nitrogens with two attached hydrogens (primary N) is 1. The maximum absolute atomic E-state index is 6.59. The van der Waals surface area contributed by atoms with Gasteiger partial charge >= 0.3 is 0 Å². The fourth-order valence-electron chi connectivity index (χ4n) is 3.14. The van der Waals surface area contributed by atoms with Crippen LogP contribution in [0.15, 0.2) is 51.7 Å². The van der Waals surface area contributed by atoms with Crippen LogP contribution in [0.1, 0.15) is 13.8 Å². The Morgan fingerprint density at radius 1 is 1.17 bits per heavy atom. The Kier molecular flexibility index (Phi) is 7.88. The van der Waals surface area contributed by atoms with Gasteiger partial charge in [-0.05, 0) is 61.2 Å². The van der Waals surface area contributed by atoms with E-state index in [1.165, 1.54) is 11.9 Å². The van der Waals surface area contributed by atoms with Crippen molar-refractivity contribution in [2.45, 2.75) is 18.7 Å². The average Bonchev–Trinajstić information content (AvgIpc) is 2.75. The van der Waals surface area contributed by atoms with Crippen molar-refractivity contribution < 1.29 is 0 Å². The van der Waals surface area contributed by atoms with Crippen LogP contribution in [0.5, 0.6) is 0 Å². The van der Waals surface area contributed by atoms with Gasteiger partial charge in [-0.25, -0.2) is 4.98 Å². The summed E-state index contributed by atoms with van der Waals surface area (Å²) in [6.07, 6.45) is 1.83. The molecule has 30 heavy (non-hydrogen) atoms. The molecule has 3 rings (SSSR count). The van der Waals surface area contributed by atoms with Gasteiger partial charge in [-0.2, -0.15) is 0 Å². The topological polar surface area (TPSA) is 78.6 Å². The predicted molar refractivity (Wildman–Crippen MR) is 130 cm³/mol. The van der Waals surface area contributed by atoms with Crippen molar-refractivity contribution in [2.24, 2.45) is 10.7 Å². The van der Waals surface area contributed by atoms with E-state index >= 15 is 0 Å². The SMILES string of the molecule is CN=C(C)/C(NSc1c(Cl)cc(-c2ccnc(N3CCNCC3)c2)cc1Cl)=C(/C)N. The number of hydrogen-bond donors (Lipinski definition) is 3. The molecule has 1 fully saturated rings. The molecule has 0 bridgehead atoms. The summed E-state index contributed by atoms with van der Waals surface area (Å²) < 4.78 is 3.23. The molecule has 0 radical (unpaired) electrons. The Morgan fingerprint density at radius 2 is 1.83 bits per heavy atom. The van der Waals surface area contributed by atoms with Crippen LogP contribution in [-0.2, 0) is 0 Å². The van der Waals surface area contributed by atoms with Crippen LogP contribution in [-0.4, -0.2) is 43.9 Å². The Morgan fingerprint density at radius 3 is 2.43 bits per heavy atom. The number of hydrogen-bond acceptors (Lipinski definition) is 7. The highest BCUT2D eigenvalue weighted by atomic mass is 35.5. The van der Waals surface area contributed by atoms with Crippen LogP contribution < -0.4 is 20.7 Å². The third-order valence-electron chi connectivity index (χ3n) is 4.86. The smallest absolute Gasteiger partial charge is 0.129 e. The number of benzene rings is 1. The second-order valence-corrected chi connectivity index (χ2v) is 8.61. The zero-order valence-corrected chi connectivity index (χ0v) is 19.6. The van der Waals surface area contributed by atoms with E-state index in [9.17, 15) is 0 Å². The summed E-state index contributed by atoms with van der Waals surface area (Å²) in [6.45, 7) is 7.52. The number of allylic oxidation sites excluding steroid dienone is 2. The zero-order chi connectivity index (χ0) is 21.7. The first-order chi connectivity index (χ1) is 14.4. The van der Waals surface area contributed by atoms with E-state index in [0.717, 1.165) is 59.4 Å². The summed E-state index contributed by atoms with van der Waals surface area (Å²) in [5, 5.41) is 4.49. The summed E-state index contributed by atoms with van der Waals surface area (Å²) in [6, 6.07) is 7.90. The molecule has 1 aliphatic heterocycles. The first-order valence-electron chi connectivity index (χ1n) is 9.64. The molecule has 9 heteroatoms. The fraction of sp³-hybridized carbons (Fsp3) is 0.333. The summed E-state index contributed by atoms with van der Waals surface area (Å²) in [5.74, 6) is 0.962. The molecule has 2 aromatic rings. The highest BCUT2D eigenvalue weighted by Crippen LogP contribution is 2.38. The molecular weight excluding hydrogens is 439 g/mol. The first kappa shape index (κ1) is 22.7. The van der Waals surface area contributed by atoms with Crippen molar-refractivity contribution >= 4 is 46.7 Å². The van der Waals surface area contributed by atoms with Gasteiger partial charge in [-0.1, -0.05) is 23.2 Å². The number of rotatable bonds is 6. The van der Waals surface area contributed by atoms with Crippen molar-refractivity contribution in [1.82, 2.24) is 15.0 Å². The molecule has 160 valence electrons. The third kappa shape index (κ3) is 5.40. The minimum Gasteiger partial charge on any atom is -0.401 e. The largest absolute Gasteiger partial charge is 0.401 e. The number of nitrogens with one attached hydrogen (secondary N) is 2. The maximum atomic E-state index is 6.59. The number of aliphatic imine (C=N–C) groups is 1. The number of halogens is 2. The summed E-state index contributed by atoms with van der Waals surface area (Å²) in [7, 11) is 1.72. The van der Waals surface area contributed by atoms with Crippen LogP contribution in [0.2, 0.25) is 10.0 Å². The van der Waals surface area contributed by atoms with Gasteiger partial charge < -0.3 is 20.7 Å². The van der Waals surface area contributed by atoms with E-state index < -0.39 is 0 Å². The zero-order valence-electron chi connectivity index (χ0n) is 17.3. The number of pyridine rings is 1. The summed E-state index contributed by atoms with van der Waals surface area (Å²) in [4.78, 5) is 11.7. The number of anilines is 1. The van der Waals surface area contributed by atoms with Crippen LogP contribution in [0.25, 0.3) is 11.1 Å². The van der Waals surface area contributed by atoms with Crippen LogP contribution >= 0.6 is 35.1 Å². The minimum absolute atomic E-state index is 0.565. The molecular formula is C21H26Cl2N6S. The molecule has 0 unspecified atom stereocenters. The number of piperazine rings is 1. The molecule has 1 aromatic carbocycles. The lowest BCUT2D eigenvalue weighted by Gasteiger charge is -2.28. The molecule has 0 saturated carbocycles. The van der Waals surface area contributed by atoms with Gasteiger partial charge in [0.15, 0.2) is 0 Å². The van der Waals surface area contributed by atoms with E-state index in [-0.39, 0.29) is 0 Å². The standard InChI is InChI=1S/C21H26Cl2N6S/c1-13(24)20(14(2)25-3)28-30-21-17(22)10-16(11-18(21)23)15-4-5-27-19(12-15)29-8-6-26-7-9-29/h4-5,10-12,26,28H,6-9,24H2,1-3H3/b20-13+,25-14?. The monoisotopic (exact) mass is 464 g/mol. The Hall–Kier alpha value is -1.93. The lowest BCUT2D eigenvalue weighted by atomic mass is 10.1.